The van der Waals surface area contributed by atoms with Crippen LogP contribution in [0, 0.1) is 0 Å². The van der Waals surface area contributed by atoms with Gasteiger partial charge in [0, 0.05) is 5.57 Å². The quantitative estimate of drug-likeness (QED) is 0.825. The third kappa shape index (κ3) is 3.31. The molecule has 0 bridgehead atoms. The molecule has 2 N–H and O–H groups in total. The molecule has 1 aliphatic carbocycles. The largest absolute Gasteiger partial charge is 0.394 e. The van der Waals surface area contributed by atoms with Crippen molar-refractivity contribution in [2.24, 2.45) is 0 Å². The average molecular weight is 243 g/mol. The van der Waals surface area contributed by atoms with Crippen LogP contribution in [0.2, 0.25) is 0 Å². The molecule has 1 amide bonds. The van der Waals surface area contributed by atoms with Crippen molar-refractivity contribution < 1.29 is 9.90 Å². The van der Waals surface area contributed by atoms with Gasteiger partial charge in [-0.05, 0) is 18.4 Å². The molecular formula is C15H17NO2. The summed E-state index contributed by atoms with van der Waals surface area (Å²) in [5.41, 5.74) is 1.79. The van der Waals surface area contributed by atoms with Crippen molar-refractivity contribution in [1.82, 2.24) is 5.32 Å². The fraction of sp³-hybridized carbons (Fsp3) is 0.267. The molecule has 2 rings (SSSR count). The maximum atomic E-state index is 11.9. The van der Waals surface area contributed by atoms with E-state index in [1.54, 1.807) is 0 Å². The SMILES string of the molecule is O=C(N[C@H](CO)Cc1ccccc1)C1=CCC=C1. The van der Waals surface area contributed by atoms with Crippen molar-refractivity contribution in [1.29, 1.82) is 0 Å². The van der Waals surface area contributed by atoms with Crippen molar-refractivity contribution >= 4 is 5.91 Å². The molecule has 1 atom stereocenters. The van der Waals surface area contributed by atoms with E-state index in [-0.39, 0.29) is 18.6 Å². The van der Waals surface area contributed by atoms with Crippen LogP contribution in [-0.4, -0.2) is 23.7 Å². The van der Waals surface area contributed by atoms with E-state index >= 15 is 0 Å². The topological polar surface area (TPSA) is 49.3 Å². The van der Waals surface area contributed by atoms with Gasteiger partial charge in [-0.1, -0.05) is 48.6 Å². The molecule has 18 heavy (non-hydrogen) atoms. The zero-order valence-corrected chi connectivity index (χ0v) is 10.2. The second-order valence-electron chi connectivity index (χ2n) is 4.34. The molecule has 0 unspecified atom stereocenters. The van der Waals surface area contributed by atoms with E-state index in [0.29, 0.717) is 12.0 Å². The Morgan fingerprint density at radius 2 is 2.11 bits per heavy atom. The van der Waals surface area contributed by atoms with Crippen molar-refractivity contribution in [2.45, 2.75) is 18.9 Å². The lowest BCUT2D eigenvalue weighted by Gasteiger charge is -2.16. The lowest BCUT2D eigenvalue weighted by molar-refractivity contribution is -0.118. The highest BCUT2D eigenvalue weighted by Crippen LogP contribution is 2.09. The maximum absolute atomic E-state index is 11.9. The van der Waals surface area contributed by atoms with Gasteiger partial charge in [0.2, 0.25) is 0 Å². The monoisotopic (exact) mass is 243 g/mol. The summed E-state index contributed by atoms with van der Waals surface area (Å²) in [4.78, 5) is 11.9. The Bertz CT molecular complexity index is 463. The Morgan fingerprint density at radius 3 is 2.72 bits per heavy atom. The molecule has 0 fully saturated rings. The number of aliphatic hydroxyl groups is 1. The number of benzene rings is 1. The number of nitrogens with one attached hydrogen (secondary N) is 1. The zero-order valence-electron chi connectivity index (χ0n) is 10.2. The second-order valence-corrected chi connectivity index (χ2v) is 4.34. The molecule has 3 heteroatoms. The Kier molecular flexibility index (Phi) is 4.31. The molecule has 0 saturated heterocycles. The zero-order chi connectivity index (χ0) is 12.8. The third-order valence-electron chi connectivity index (χ3n) is 2.91. The molecule has 0 heterocycles. The summed E-state index contributed by atoms with van der Waals surface area (Å²) in [5.74, 6) is -0.112. The van der Waals surface area contributed by atoms with E-state index in [1.165, 1.54) is 0 Å². The number of hydrogen-bond acceptors (Lipinski definition) is 2. The van der Waals surface area contributed by atoms with Crippen LogP contribution in [0.15, 0.2) is 54.1 Å². The van der Waals surface area contributed by atoms with Crippen LogP contribution in [0.4, 0.5) is 0 Å². The lowest BCUT2D eigenvalue weighted by Crippen LogP contribution is -2.39. The fourth-order valence-corrected chi connectivity index (χ4v) is 1.96. The van der Waals surface area contributed by atoms with Gasteiger partial charge in [-0.2, -0.15) is 0 Å². The van der Waals surface area contributed by atoms with E-state index in [9.17, 15) is 9.90 Å². The fourth-order valence-electron chi connectivity index (χ4n) is 1.96. The average Bonchev–Trinajstić information content (AvgIpc) is 2.93. The number of hydrogen-bond donors (Lipinski definition) is 2. The minimum atomic E-state index is -0.241. The summed E-state index contributed by atoms with van der Waals surface area (Å²) in [6.07, 6.45) is 7.09. The normalized spacial score (nSPS) is 15.3. The third-order valence-corrected chi connectivity index (χ3v) is 2.91. The molecule has 0 saturated carbocycles. The van der Waals surface area contributed by atoms with Crippen LogP contribution in [0.3, 0.4) is 0 Å². The summed E-state index contributed by atoms with van der Waals surface area (Å²) in [5, 5.41) is 12.2. The van der Waals surface area contributed by atoms with Crippen LogP contribution in [0.5, 0.6) is 0 Å². The van der Waals surface area contributed by atoms with Gasteiger partial charge < -0.3 is 10.4 Å². The van der Waals surface area contributed by atoms with Crippen molar-refractivity contribution in [3.05, 3.63) is 59.7 Å². The lowest BCUT2D eigenvalue weighted by atomic mass is 10.1. The van der Waals surface area contributed by atoms with Crippen LogP contribution in [-0.2, 0) is 11.2 Å². The van der Waals surface area contributed by atoms with E-state index in [2.05, 4.69) is 5.32 Å². The van der Waals surface area contributed by atoms with Gasteiger partial charge >= 0.3 is 0 Å². The first-order chi connectivity index (χ1) is 8.79. The molecule has 0 spiro atoms. The Labute approximate surface area is 107 Å². The summed E-state index contributed by atoms with van der Waals surface area (Å²) >= 11 is 0. The highest BCUT2D eigenvalue weighted by Gasteiger charge is 2.15. The molecule has 0 aliphatic heterocycles. The molecule has 0 aromatic heterocycles. The predicted molar refractivity (Wildman–Crippen MR) is 71.0 cm³/mol. The highest BCUT2D eigenvalue weighted by atomic mass is 16.3. The number of carbonyl (C=O) groups excluding carboxylic acids is 1. The van der Waals surface area contributed by atoms with E-state index < -0.39 is 0 Å². The Hall–Kier alpha value is -1.87. The van der Waals surface area contributed by atoms with E-state index in [4.69, 9.17) is 0 Å². The maximum Gasteiger partial charge on any atom is 0.251 e. The number of aliphatic hydroxyl groups excluding tert-OH is 1. The van der Waals surface area contributed by atoms with E-state index in [0.717, 1.165) is 12.0 Å². The second kappa shape index (κ2) is 6.17. The van der Waals surface area contributed by atoms with Gasteiger partial charge in [0.1, 0.15) is 0 Å². The van der Waals surface area contributed by atoms with Crippen molar-refractivity contribution in [3.8, 4) is 0 Å². The summed E-state index contributed by atoms with van der Waals surface area (Å²) in [7, 11) is 0. The molecule has 1 aromatic rings. The van der Waals surface area contributed by atoms with Gasteiger partial charge in [-0.25, -0.2) is 0 Å². The molecule has 1 aromatic carbocycles. The summed E-state index contributed by atoms with van der Waals surface area (Å²) in [6, 6.07) is 9.59. The molecule has 0 radical (unpaired) electrons. The van der Waals surface area contributed by atoms with Gasteiger partial charge in [0.25, 0.3) is 5.91 Å². The number of carbonyl (C=O) groups is 1. The van der Waals surface area contributed by atoms with Crippen molar-refractivity contribution in [3.63, 3.8) is 0 Å². The van der Waals surface area contributed by atoms with Crippen LogP contribution in [0.25, 0.3) is 0 Å². The molecular weight excluding hydrogens is 226 g/mol. The standard InChI is InChI=1S/C15H17NO2/c17-11-14(10-12-6-2-1-3-7-12)16-15(18)13-8-4-5-9-13/h1-4,6-9,14,17H,5,10-11H2,(H,16,18)/t14-/m0/s1. The Morgan fingerprint density at radius 1 is 1.33 bits per heavy atom. The first-order valence-electron chi connectivity index (χ1n) is 6.12. The minimum absolute atomic E-state index is 0.0579. The molecule has 3 nitrogen and oxygen atoms in total. The van der Waals surface area contributed by atoms with Gasteiger partial charge in [-0.3, -0.25) is 4.79 Å². The summed E-state index contributed by atoms with van der Waals surface area (Å²) in [6.45, 7) is -0.0579. The Balaban J connectivity index is 1.93. The van der Waals surface area contributed by atoms with Gasteiger partial charge in [0.15, 0.2) is 0 Å². The predicted octanol–water partition coefficient (Wildman–Crippen LogP) is 1.59. The number of rotatable bonds is 5. The van der Waals surface area contributed by atoms with Crippen LogP contribution < -0.4 is 5.32 Å². The van der Waals surface area contributed by atoms with Gasteiger partial charge in [0.05, 0.1) is 12.6 Å². The minimum Gasteiger partial charge on any atom is -0.394 e. The van der Waals surface area contributed by atoms with Crippen LogP contribution >= 0.6 is 0 Å². The summed E-state index contributed by atoms with van der Waals surface area (Å²) < 4.78 is 0. The smallest absolute Gasteiger partial charge is 0.251 e. The van der Waals surface area contributed by atoms with E-state index in [1.807, 2.05) is 48.6 Å². The first kappa shape index (κ1) is 12.6. The molecule has 94 valence electrons. The molecule has 1 aliphatic rings. The first-order valence-corrected chi connectivity index (χ1v) is 6.12. The number of allylic oxidation sites excluding steroid dienone is 2. The van der Waals surface area contributed by atoms with Gasteiger partial charge in [-0.15, -0.1) is 0 Å². The highest BCUT2D eigenvalue weighted by molar-refractivity contribution is 5.96. The van der Waals surface area contributed by atoms with Crippen molar-refractivity contribution in [2.75, 3.05) is 6.61 Å². The van der Waals surface area contributed by atoms with Crippen LogP contribution in [0.1, 0.15) is 12.0 Å². The number of amides is 1.